The highest BCUT2D eigenvalue weighted by molar-refractivity contribution is 5.78. The Bertz CT molecular complexity index is 263. The minimum absolute atomic E-state index is 0.187. The molecule has 1 atom stereocenters. The molecule has 0 bridgehead atoms. The monoisotopic (exact) mass is 254 g/mol. The van der Waals surface area contributed by atoms with Gasteiger partial charge >= 0.3 is 0 Å². The van der Waals surface area contributed by atoms with Crippen molar-refractivity contribution in [2.24, 2.45) is 5.92 Å². The van der Waals surface area contributed by atoms with Gasteiger partial charge in [0, 0.05) is 19.2 Å². The quantitative estimate of drug-likeness (QED) is 0.773. The third-order valence-corrected chi connectivity index (χ3v) is 4.23. The van der Waals surface area contributed by atoms with Gasteiger partial charge in [-0.1, -0.05) is 12.8 Å². The van der Waals surface area contributed by atoms with E-state index in [1.54, 1.807) is 0 Å². The second-order valence-electron chi connectivity index (χ2n) is 5.80. The molecule has 2 fully saturated rings. The van der Waals surface area contributed by atoms with Crippen molar-refractivity contribution in [2.45, 2.75) is 51.0 Å². The van der Waals surface area contributed by atoms with Crippen LogP contribution < -0.4 is 5.32 Å². The first kappa shape index (κ1) is 13.8. The van der Waals surface area contributed by atoms with E-state index < -0.39 is 0 Å². The maximum atomic E-state index is 11.9. The lowest BCUT2D eigenvalue weighted by atomic mass is 9.95. The summed E-state index contributed by atoms with van der Waals surface area (Å²) in [5, 5.41) is 12.1. The molecule has 0 spiro atoms. The van der Waals surface area contributed by atoms with Gasteiger partial charge in [0.25, 0.3) is 0 Å². The summed E-state index contributed by atoms with van der Waals surface area (Å²) in [5.41, 5.74) is 0. The summed E-state index contributed by atoms with van der Waals surface area (Å²) < 4.78 is 0. The molecule has 1 aliphatic carbocycles. The van der Waals surface area contributed by atoms with Gasteiger partial charge in [0.05, 0.1) is 6.54 Å². The number of aliphatic hydroxyl groups is 1. The molecular formula is C14H26N2O2. The summed E-state index contributed by atoms with van der Waals surface area (Å²) in [5.74, 6) is 0.759. The van der Waals surface area contributed by atoms with Crippen LogP contribution in [0.15, 0.2) is 0 Å². The molecule has 1 amide bonds. The van der Waals surface area contributed by atoms with E-state index in [9.17, 15) is 4.79 Å². The Morgan fingerprint density at radius 1 is 1.22 bits per heavy atom. The first-order valence-corrected chi connectivity index (χ1v) is 7.40. The van der Waals surface area contributed by atoms with Crippen molar-refractivity contribution >= 4 is 5.91 Å². The van der Waals surface area contributed by atoms with Crippen LogP contribution in [0.2, 0.25) is 0 Å². The van der Waals surface area contributed by atoms with Crippen molar-refractivity contribution < 1.29 is 9.90 Å². The summed E-state index contributed by atoms with van der Waals surface area (Å²) in [6, 6.07) is 0.426. The molecule has 2 aliphatic rings. The predicted octanol–water partition coefficient (Wildman–Crippen LogP) is 1.14. The number of likely N-dealkylation sites (tertiary alicyclic amines) is 1. The van der Waals surface area contributed by atoms with E-state index in [2.05, 4.69) is 10.2 Å². The van der Waals surface area contributed by atoms with Crippen molar-refractivity contribution in [1.82, 2.24) is 10.2 Å². The standard InChI is InChI=1S/C14H26N2O2/c17-9-7-12-4-3-8-16(10-12)11-14(18)15-13-5-1-2-6-13/h12-13,17H,1-11H2,(H,15,18). The average molecular weight is 254 g/mol. The number of piperidine rings is 1. The van der Waals surface area contributed by atoms with Crippen LogP contribution in [-0.4, -0.2) is 48.2 Å². The minimum Gasteiger partial charge on any atom is -0.396 e. The van der Waals surface area contributed by atoms with Crippen LogP contribution in [0.3, 0.4) is 0 Å². The fourth-order valence-electron chi connectivity index (χ4n) is 3.26. The number of amides is 1. The van der Waals surface area contributed by atoms with E-state index in [4.69, 9.17) is 5.11 Å². The lowest BCUT2D eigenvalue weighted by Gasteiger charge is -2.32. The van der Waals surface area contributed by atoms with Crippen LogP contribution in [0.5, 0.6) is 0 Å². The zero-order chi connectivity index (χ0) is 12.8. The van der Waals surface area contributed by atoms with Gasteiger partial charge in [-0.25, -0.2) is 0 Å². The Balaban J connectivity index is 1.69. The molecule has 1 saturated carbocycles. The second-order valence-corrected chi connectivity index (χ2v) is 5.80. The summed E-state index contributed by atoms with van der Waals surface area (Å²) in [4.78, 5) is 14.2. The highest BCUT2D eigenvalue weighted by atomic mass is 16.3. The van der Waals surface area contributed by atoms with Gasteiger partial charge in [0.1, 0.15) is 0 Å². The Morgan fingerprint density at radius 2 is 2.00 bits per heavy atom. The summed E-state index contributed by atoms with van der Waals surface area (Å²) in [7, 11) is 0. The summed E-state index contributed by atoms with van der Waals surface area (Å²) in [6.45, 7) is 2.81. The molecule has 4 nitrogen and oxygen atoms in total. The maximum Gasteiger partial charge on any atom is 0.234 e. The van der Waals surface area contributed by atoms with Gasteiger partial charge in [0.15, 0.2) is 0 Å². The van der Waals surface area contributed by atoms with Gasteiger partial charge in [-0.3, -0.25) is 9.69 Å². The minimum atomic E-state index is 0.187. The lowest BCUT2D eigenvalue weighted by Crippen LogP contribution is -2.44. The van der Waals surface area contributed by atoms with Gasteiger partial charge in [-0.15, -0.1) is 0 Å². The van der Waals surface area contributed by atoms with Gasteiger partial charge < -0.3 is 10.4 Å². The molecule has 1 saturated heterocycles. The molecule has 1 aliphatic heterocycles. The molecule has 2 rings (SSSR count). The van der Waals surface area contributed by atoms with Gasteiger partial charge in [0.2, 0.25) is 5.91 Å². The van der Waals surface area contributed by atoms with E-state index in [0.29, 0.717) is 18.5 Å². The number of hydrogen-bond donors (Lipinski definition) is 2. The van der Waals surface area contributed by atoms with Crippen molar-refractivity contribution in [3.8, 4) is 0 Å². The topological polar surface area (TPSA) is 52.6 Å². The molecule has 4 heteroatoms. The van der Waals surface area contributed by atoms with Crippen LogP contribution in [0.4, 0.5) is 0 Å². The highest BCUT2D eigenvalue weighted by Crippen LogP contribution is 2.20. The van der Waals surface area contributed by atoms with Crippen molar-refractivity contribution in [3.05, 3.63) is 0 Å². The first-order valence-electron chi connectivity index (χ1n) is 7.40. The molecule has 1 unspecified atom stereocenters. The van der Waals surface area contributed by atoms with Crippen LogP contribution in [-0.2, 0) is 4.79 Å². The molecule has 0 aromatic rings. The number of carbonyl (C=O) groups excluding carboxylic acids is 1. The highest BCUT2D eigenvalue weighted by Gasteiger charge is 2.23. The summed E-state index contributed by atoms with van der Waals surface area (Å²) >= 11 is 0. The van der Waals surface area contributed by atoms with Crippen LogP contribution in [0.25, 0.3) is 0 Å². The van der Waals surface area contributed by atoms with Crippen molar-refractivity contribution in [3.63, 3.8) is 0 Å². The third kappa shape index (κ3) is 4.25. The Hall–Kier alpha value is -0.610. The number of rotatable bonds is 5. The molecular weight excluding hydrogens is 228 g/mol. The molecule has 1 heterocycles. The Labute approximate surface area is 110 Å². The van der Waals surface area contributed by atoms with E-state index in [1.807, 2.05) is 0 Å². The van der Waals surface area contributed by atoms with E-state index in [-0.39, 0.29) is 12.5 Å². The number of nitrogens with one attached hydrogen (secondary N) is 1. The zero-order valence-electron chi connectivity index (χ0n) is 11.2. The number of carbonyl (C=O) groups is 1. The number of aliphatic hydroxyl groups excluding tert-OH is 1. The SMILES string of the molecule is O=C(CN1CCCC(CCO)C1)NC1CCCC1. The van der Waals surface area contributed by atoms with Crippen LogP contribution in [0, 0.1) is 5.92 Å². The fraction of sp³-hybridized carbons (Fsp3) is 0.929. The van der Waals surface area contributed by atoms with Gasteiger partial charge in [-0.05, 0) is 44.6 Å². The summed E-state index contributed by atoms with van der Waals surface area (Å²) in [6.07, 6.45) is 8.04. The van der Waals surface area contributed by atoms with Crippen LogP contribution >= 0.6 is 0 Å². The largest absolute Gasteiger partial charge is 0.396 e. The van der Waals surface area contributed by atoms with Crippen molar-refractivity contribution in [1.29, 1.82) is 0 Å². The van der Waals surface area contributed by atoms with E-state index in [0.717, 1.165) is 38.8 Å². The van der Waals surface area contributed by atoms with Crippen molar-refractivity contribution in [2.75, 3.05) is 26.2 Å². The molecule has 2 N–H and O–H groups in total. The first-order chi connectivity index (χ1) is 8.78. The molecule has 18 heavy (non-hydrogen) atoms. The molecule has 0 aromatic heterocycles. The molecule has 0 aromatic carbocycles. The number of hydrogen-bond acceptors (Lipinski definition) is 3. The fourth-order valence-corrected chi connectivity index (χ4v) is 3.26. The van der Waals surface area contributed by atoms with E-state index >= 15 is 0 Å². The second kappa shape index (κ2) is 7.10. The number of nitrogens with zero attached hydrogens (tertiary/aromatic N) is 1. The Morgan fingerprint density at radius 3 is 2.72 bits per heavy atom. The smallest absolute Gasteiger partial charge is 0.234 e. The van der Waals surface area contributed by atoms with Crippen LogP contribution in [0.1, 0.15) is 44.9 Å². The normalized spacial score (nSPS) is 26.4. The molecule has 0 radical (unpaired) electrons. The predicted molar refractivity (Wildman–Crippen MR) is 71.3 cm³/mol. The Kier molecular flexibility index (Phi) is 5.45. The van der Waals surface area contributed by atoms with E-state index in [1.165, 1.54) is 19.3 Å². The third-order valence-electron chi connectivity index (χ3n) is 4.23. The maximum absolute atomic E-state index is 11.9. The lowest BCUT2D eigenvalue weighted by molar-refractivity contribution is -0.123. The average Bonchev–Trinajstić information content (AvgIpc) is 2.82. The van der Waals surface area contributed by atoms with Gasteiger partial charge in [-0.2, -0.15) is 0 Å². The zero-order valence-corrected chi connectivity index (χ0v) is 11.2. The molecule has 104 valence electrons.